The Bertz CT molecular complexity index is 497. The maximum atomic E-state index is 11.9. The minimum Gasteiger partial charge on any atom is -0.406 e. The number of ether oxygens (including phenoxy) is 1. The van der Waals surface area contributed by atoms with E-state index in [1.165, 1.54) is 24.3 Å². The fourth-order valence-electron chi connectivity index (χ4n) is 1.30. The largest absolute Gasteiger partial charge is 0.573 e. The molecule has 4 nitrogen and oxygen atoms in total. The van der Waals surface area contributed by atoms with Gasteiger partial charge in [-0.3, -0.25) is 0 Å². The van der Waals surface area contributed by atoms with Crippen LogP contribution < -0.4 is 10.1 Å². The zero-order valence-electron chi connectivity index (χ0n) is 10.2. The lowest BCUT2D eigenvalue weighted by atomic mass is 10.2. The van der Waals surface area contributed by atoms with Crippen LogP contribution in [0.5, 0.6) is 5.75 Å². The molecule has 0 amide bonds. The van der Waals surface area contributed by atoms with Crippen LogP contribution >= 0.6 is 0 Å². The van der Waals surface area contributed by atoms with E-state index in [1.807, 2.05) is 0 Å². The van der Waals surface area contributed by atoms with Crippen LogP contribution in [0.3, 0.4) is 0 Å². The van der Waals surface area contributed by atoms with Crippen LogP contribution in [0.2, 0.25) is 0 Å². The van der Waals surface area contributed by atoms with Gasteiger partial charge in [-0.15, -0.1) is 13.2 Å². The van der Waals surface area contributed by atoms with Crippen LogP contribution in [-0.4, -0.2) is 33.3 Å². The molecule has 108 valence electrons. The summed E-state index contributed by atoms with van der Waals surface area (Å²) >= 11 is 0. The molecular formula is C11H14F3NO3S. The normalized spacial score (nSPS) is 12.4. The first kappa shape index (κ1) is 15.8. The van der Waals surface area contributed by atoms with Crippen molar-refractivity contribution in [3.63, 3.8) is 0 Å². The van der Waals surface area contributed by atoms with Crippen LogP contribution in [0.25, 0.3) is 0 Å². The molecule has 19 heavy (non-hydrogen) atoms. The predicted molar refractivity (Wildman–Crippen MR) is 64.5 cm³/mol. The summed E-state index contributed by atoms with van der Waals surface area (Å²) in [5, 5.41) is 2.88. The average Bonchev–Trinajstić information content (AvgIpc) is 2.23. The molecule has 0 radical (unpaired) electrons. The van der Waals surface area contributed by atoms with Gasteiger partial charge in [0.2, 0.25) is 0 Å². The van der Waals surface area contributed by atoms with Gasteiger partial charge in [-0.05, 0) is 17.7 Å². The first-order chi connectivity index (χ1) is 8.66. The molecule has 0 aliphatic carbocycles. The molecule has 8 heteroatoms. The third-order valence-corrected chi connectivity index (χ3v) is 3.08. The monoisotopic (exact) mass is 297 g/mol. The van der Waals surface area contributed by atoms with Gasteiger partial charge >= 0.3 is 6.36 Å². The molecule has 0 bridgehead atoms. The smallest absolute Gasteiger partial charge is 0.406 e. The van der Waals surface area contributed by atoms with Crippen molar-refractivity contribution in [2.75, 3.05) is 18.6 Å². The van der Waals surface area contributed by atoms with Crippen molar-refractivity contribution < 1.29 is 26.3 Å². The van der Waals surface area contributed by atoms with E-state index < -0.39 is 16.2 Å². The Morgan fingerprint density at radius 3 is 2.26 bits per heavy atom. The Balaban J connectivity index is 2.40. The maximum Gasteiger partial charge on any atom is 0.573 e. The molecule has 0 heterocycles. The summed E-state index contributed by atoms with van der Waals surface area (Å²) < 4.78 is 61.2. The molecular weight excluding hydrogens is 283 g/mol. The fraction of sp³-hybridized carbons (Fsp3) is 0.455. The van der Waals surface area contributed by atoms with Gasteiger partial charge in [-0.25, -0.2) is 8.42 Å². The van der Waals surface area contributed by atoms with Crippen LogP contribution in [0, 0.1) is 0 Å². The molecule has 0 atom stereocenters. The zero-order valence-corrected chi connectivity index (χ0v) is 11.0. The Morgan fingerprint density at radius 1 is 1.21 bits per heavy atom. The molecule has 1 N–H and O–H groups in total. The molecule has 1 aromatic carbocycles. The summed E-state index contributed by atoms with van der Waals surface area (Å²) in [5.74, 6) is -0.269. The summed E-state index contributed by atoms with van der Waals surface area (Å²) in [6.45, 7) is 0.668. The topological polar surface area (TPSA) is 55.4 Å². The molecule has 0 spiro atoms. The number of hydrogen-bond acceptors (Lipinski definition) is 4. The molecule has 0 fully saturated rings. The fourth-order valence-corrected chi connectivity index (χ4v) is 1.81. The Labute approximate surface area is 109 Å². The highest BCUT2D eigenvalue weighted by molar-refractivity contribution is 7.90. The van der Waals surface area contributed by atoms with Gasteiger partial charge in [0.05, 0.1) is 5.75 Å². The Kier molecular flexibility index (Phi) is 5.19. The van der Waals surface area contributed by atoms with Crippen molar-refractivity contribution >= 4 is 9.84 Å². The first-order valence-corrected chi connectivity index (χ1v) is 7.45. The van der Waals surface area contributed by atoms with Gasteiger partial charge in [0.25, 0.3) is 0 Å². The van der Waals surface area contributed by atoms with E-state index >= 15 is 0 Å². The van der Waals surface area contributed by atoms with Gasteiger partial charge in [-0.2, -0.15) is 0 Å². The lowest BCUT2D eigenvalue weighted by molar-refractivity contribution is -0.274. The van der Waals surface area contributed by atoms with Gasteiger partial charge in [0.15, 0.2) is 0 Å². The minimum atomic E-state index is -4.70. The summed E-state index contributed by atoms with van der Waals surface area (Å²) in [6, 6.07) is 5.38. The highest BCUT2D eigenvalue weighted by atomic mass is 32.2. The van der Waals surface area contributed by atoms with Crippen LogP contribution in [0.4, 0.5) is 13.2 Å². The summed E-state index contributed by atoms with van der Waals surface area (Å²) in [7, 11) is -3.01. The van der Waals surface area contributed by atoms with E-state index in [9.17, 15) is 21.6 Å². The van der Waals surface area contributed by atoms with Gasteiger partial charge in [0, 0.05) is 19.3 Å². The first-order valence-electron chi connectivity index (χ1n) is 5.39. The molecule has 1 rings (SSSR count). The lowest BCUT2D eigenvalue weighted by Crippen LogP contribution is -2.22. The zero-order chi connectivity index (χ0) is 14.5. The second-order valence-corrected chi connectivity index (χ2v) is 6.26. The molecule has 0 aliphatic heterocycles. The second kappa shape index (κ2) is 6.25. The van der Waals surface area contributed by atoms with Crippen molar-refractivity contribution in [1.29, 1.82) is 0 Å². The van der Waals surface area contributed by atoms with Gasteiger partial charge in [-0.1, -0.05) is 12.1 Å². The minimum absolute atomic E-state index is 0.0161. The van der Waals surface area contributed by atoms with E-state index in [4.69, 9.17) is 0 Å². The van der Waals surface area contributed by atoms with Crippen molar-refractivity contribution in [2.24, 2.45) is 0 Å². The van der Waals surface area contributed by atoms with Crippen molar-refractivity contribution in [1.82, 2.24) is 5.32 Å². The molecule has 0 unspecified atom stereocenters. The van der Waals surface area contributed by atoms with E-state index in [0.29, 0.717) is 13.1 Å². The Hall–Kier alpha value is -1.28. The Morgan fingerprint density at radius 2 is 1.79 bits per heavy atom. The summed E-state index contributed by atoms with van der Waals surface area (Å²) in [6.07, 6.45) is -3.56. The number of halogens is 3. The van der Waals surface area contributed by atoms with Crippen LogP contribution in [0.15, 0.2) is 24.3 Å². The highest BCUT2D eigenvalue weighted by Gasteiger charge is 2.30. The maximum absolute atomic E-state index is 11.9. The lowest BCUT2D eigenvalue weighted by Gasteiger charge is -2.09. The molecule has 1 aromatic rings. The van der Waals surface area contributed by atoms with E-state index in [0.717, 1.165) is 11.8 Å². The summed E-state index contributed by atoms with van der Waals surface area (Å²) in [4.78, 5) is 0. The number of rotatable bonds is 6. The van der Waals surface area contributed by atoms with Gasteiger partial charge in [0.1, 0.15) is 15.6 Å². The number of benzene rings is 1. The molecule has 0 saturated carbocycles. The molecule has 0 aliphatic rings. The van der Waals surface area contributed by atoms with Gasteiger partial charge < -0.3 is 10.1 Å². The standard InChI is InChI=1S/C11H14F3NO3S/c1-19(16,17)7-6-15-8-9-2-4-10(5-3-9)18-11(12,13)14/h2-5,15H,6-8H2,1H3. The van der Waals surface area contributed by atoms with Crippen molar-refractivity contribution in [3.05, 3.63) is 29.8 Å². The number of sulfone groups is 1. The van der Waals surface area contributed by atoms with Crippen LogP contribution in [0.1, 0.15) is 5.56 Å². The van der Waals surface area contributed by atoms with Crippen LogP contribution in [-0.2, 0) is 16.4 Å². The molecule has 0 aromatic heterocycles. The van der Waals surface area contributed by atoms with E-state index in [2.05, 4.69) is 10.1 Å². The number of nitrogens with one attached hydrogen (secondary N) is 1. The SMILES string of the molecule is CS(=O)(=O)CCNCc1ccc(OC(F)(F)F)cc1. The number of hydrogen-bond donors (Lipinski definition) is 1. The third-order valence-electron chi connectivity index (χ3n) is 2.14. The molecule has 0 saturated heterocycles. The van der Waals surface area contributed by atoms with E-state index in [-0.39, 0.29) is 11.5 Å². The van der Waals surface area contributed by atoms with Crippen molar-refractivity contribution in [3.8, 4) is 5.75 Å². The third kappa shape index (κ3) is 7.68. The average molecular weight is 297 g/mol. The highest BCUT2D eigenvalue weighted by Crippen LogP contribution is 2.22. The summed E-state index contributed by atoms with van der Waals surface area (Å²) in [5.41, 5.74) is 0.739. The van der Waals surface area contributed by atoms with E-state index in [1.54, 1.807) is 0 Å². The second-order valence-electron chi connectivity index (χ2n) is 4.00. The predicted octanol–water partition coefficient (Wildman–Crippen LogP) is 1.72. The number of alkyl halides is 3. The quantitative estimate of drug-likeness (QED) is 0.812. The van der Waals surface area contributed by atoms with Crippen molar-refractivity contribution in [2.45, 2.75) is 12.9 Å².